The highest BCUT2D eigenvalue weighted by molar-refractivity contribution is 5.89. The zero-order valence-corrected chi connectivity index (χ0v) is 18.5. The SMILES string of the molecule is COc1cc2nccc(Oc3ccc4[nH]c(C)cc4c3F)c2cc1OC(=O)N(C)C(C)C. The summed E-state index contributed by atoms with van der Waals surface area (Å²) in [6, 6.07) is 9.92. The van der Waals surface area contributed by atoms with Crippen LogP contribution in [0, 0.1) is 12.7 Å². The number of nitrogens with zero attached hydrogens (tertiary/aromatic N) is 2. The first-order chi connectivity index (χ1) is 15.3. The molecule has 1 amide bonds. The van der Waals surface area contributed by atoms with Crippen molar-refractivity contribution in [1.29, 1.82) is 0 Å². The van der Waals surface area contributed by atoms with Crippen molar-refractivity contribution in [2.75, 3.05) is 14.2 Å². The summed E-state index contributed by atoms with van der Waals surface area (Å²) in [6.07, 6.45) is 1.04. The normalized spacial score (nSPS) is 11.2. The number of hydrogen-bond donors (Lipinski definition) is 1. The number of nitrogens with one attached hydrogen (secondary N) is 1. The number of aryl methyl sites for hydroxylation is 1. The number of aromatic amines is 1. The number of rotatable bonds is 5. The van der Waals surface area contributed by atoms with Crippen molar-refractivity contribution in [3.8, 4) is 23.0 Å². The first-order valence-corrected chi connectivity index (χ1v) is 10.2. The van der Waals surface area contributed by atoms with Crippen molar-refractivity contribution >= 4 is 27.9 Å². The van der Waals surface area contributed by atoms with Crippen LogP contribution >= 0.6 is 0 Å². The number of fused-ring (bicyclic) bond motifs is 2. The number of amides is 1. The fourth-order valence-electron chi connectivity index (χ4n) is 3.32. The van der Waals surface area contributed by atoms with Crippen LogP contribution in [0.25, 0.3) is 21.8 Å². The third-order valence-corrected chi connectivity index (χ3v) is 5.30. The first kappa shape index (κ1) is 21.4. The topological polar surface area (TPSA) is 76.7 Å². The van der Waals surface area contributed by atoms with E-state index in [0.29, 0.717) is 33.3 Å². The van der Waals surface area contributed by atoms with Crippen molar-refractivity contribution in [1.82, 2.24) is 14.9 Å². The minimum absolute atomic E-state index is 0.0375. The number of ether oxygens (including phenoxy) is 3. The second kappa shape index (κ2) is 8.37. The molecule has 0 atom stereocenters. The van der Waals surface area contributed by atoms with Gasteiger partial charge in [0, 0.05) is 47.3 Å². The Morgan fingerprint density at radius 3 is 2.56 bits per heavy atom. The maximum absolute atomic E-state index is 15.0. The predicted octanol–water partition coefficient (Wildman–Crippen LogP) is 5.80. The van der Waals surface area contributed by atoms with Gasteiger partial charge >= 0.3 is 6.09 Å². The highest BCUT2D eigenvalue weighted by atomic mass is 19.1. The van der Waals surface area contributed by atoms with Crippen molar-refractivity contribution in [3.63, 3.8) is 0 Å². The molecule has 4 aromatic rings. The van der Waals surface area contributed by atoms with Crippen LogP contribution in [0.5, 0.6) is 23.0 Å². The van der Waals surface area contributed by atoms with Crippen LogP contribution in [0.4, 0.5) is 9.18 Å². The van der Waals surface area contributed by atoms with Gasteiger partial charge < -0.3 is 24.1 Å². The maximum Gasteiger partial charge on any atom is 0.415 e. The lowest BCUT2D eigenvalue weighted by Gasteiger charge is -2.21. The lowest BCUT2D eigenvalue weighted by Crippen LogP contribution is -2.35. The van der Waals surface area contributed by atoms with E-state index >= 15 is 4.39 Å². The molecular weight excluding hydrogens is 413 g/mol. The van der Waals surface area contributed by atoms with E-state index in [1.54, 1.807) is 49.6 Å². The molecule has 8 heteroatoms. The number of hydrogen-bond acceptors (Lipinski definition) is 5. The molecule has 2 aromatic carbocycles. The molecule has 32 heavy (non-hydrogen) atoms. The van der Waals surface area contributed by atoms with Crippen LogP contribution in [-0.4, -0.2) is 41.2 Å². The van der Waals surface area contributed by atoms with Gasteiger partial charge in [0.2, 0.25) is 0 Å². The molecule has 0 aliphatic rings. The molecule has 4 rings (SSSR count). The Labute approximate surface area is 184 Å². The van der Waals surface area contributed by atoms with E-state index in [1.165, 1.54) is 12.0 Å². The maximum atomic E-state index is 15.0. The van der Waals surface area contributed by atoms with Crippen LogP contribution in [0.3, 0.4) is 0 Å². The minimum atomic E-state index is -0.525. The highest BCUT2D eigenvalue weighted by Crippen LogP contribution is 2.38. The monoisotopic (exact) mass is 437 g/mol. The smallest absolute Gasteiger partial charge is 0.415 e. The second-order valence-electron chi connectivity index (χ2n) is 7.80. The van der Waals surface area contributed by atoms with Crippen LogP contribution in [-0.2, 0) is 0 Å². The molecule has 0 aliphatic carbocycles. The Kier molecular flexibility index (Phi) is 5.61. The van der Waals surface area contributed by atoms with E-state index < -0.39 is 11.9 Å². The van der Waals surface area contributed by atoms with Crippen molar-refractivity contribution < 1.29 is 23.4 Å². The van der Waals surface area contributed by atoms with Crippen molar-refractivity contribution in [3.05, 3.63) is 54.1 Å². The fraction of sp³-hybridized carbons (Fsp3) is 0.250. The van der Waals surface area contributed by atoms with Crippen LogP contribution < -0.4 is 14.2 Å². The van der Waals surface area contributed by atoms with Crippen molar-refractivity contribution in [2.24, 2.45) is 0 Å². The average molecular weight is 437 g/mol. The van der Waals surface area contributed by atoms with Gasteiger partial charge in [-0.05, 0) is 51.1 Å². The summed E-state index contributed by atoms with van der Waals surface area (Å²) >= 11 is 0. The van der Waals surface area contributed by atoms with E-state index in [4.69, 9.17) is 14.2 Å². The summed E-state index contributed by atoms with van der Waals surface area (Å²) in [7, 11) is 3.13. The summed E-state index contributed by atoms with van der Waals surface area (Å²) in [4.78, 5) is 21.4. The number of aromatic nitrogens is 2. The number of methoxy groups -OCH3 is 1. The Morgan fingerprint density at radius 2 is 1.84 bits per heavy atom. The van der Waals surface area contributed by atoms with Gasteiger partial charge in [-0.2, -0.15) is 0 Å². The van der Waals surface area contributed by atoms with Gasteiger partial charge in [0.05, 0.1) is 12.6 Å². The van der Waals surface area contributed by atoms with Gasteiger partial charge in [-0.3, -0.25) is 4.98 Å². The lowest BCUT2D eigenvalue weighted by atomic mass is 10.1. The summed E-state index contributed by atoms with van der Waals surface area (Å²) in [5.74, 6) is 0.557. The molecule has 0 radical (unpaired) electrons. The molecule has 1 N–H and O–H groups in total. The van der Waals surface area contributed by atoms with E-state index in [1.807, 2.05) is 20.8 Å². The lowest BCUT2D eigenvalue weighted by molar-refractivity contribution is 0.150. The zero-order chi connectivity index (χ0) is 23.0. The van der Waals surface area contributed by atoms with Crippen LogP contribution in [0.2, 0.25) is 0 Å². The van der Waals surface area contributed by atoms with Crippen molar-refractivity contribution in [2.45, 2.75) is 26.8 Å². The molecule has 0 bridgehead atoms. The van der Waals surface area contributed by atoms with Gasteiger partial charge in [0.15, 0.2) is 23.1 Å². The van der Waals surface area contributed by atoms with E-state index in [2.05, 4.69) is 9.97 Å². The van der Waals surface area contributed by atoms with Gasteiger partial charge in [-0.1, -0.05) is 0 Å². The molecule has 2 heterocycles. The third-order valence-electron chi connectivity index (χ3n) is 5.30. The number of benzene rings is 2. The average Bonchev–Trinajstić information content (AvgIpc) is 3.16. The summed E-state index contributed by atoms with van der Waals surface area (Å²) in [5.41, 5.74) is 2.10. The molecule has 0 saturated heterocycles. The minimum Gasteiger partial charge on any atom is -0.493 e. The standard InChI is InChI=1S/C24H24FN3O4/c1-13(2)28(4)24(29)32-22-11-15-18(12-21(22)30-5)26-9-8-19(15)31-20-7-6-17-16(23(20)25)10-14(3)27-17/h6-13,27H,1-5H3. The summed E-state index contributed by atoms with van der Waals surface area (Å²) in [6.45, 7) is 5.63. The largest absolute Gasteiger partial charge is 0.493 e. The second-order valence-corrected chi connectivity index (χ2v) is 7.80. The fourth-order valence-corrected chi connectivity index (χ4v) is 3.32. The first-order valence-electron chi connectivity index (χ1n) is 10.2. The number of H-pyrrole nitrogens is 1. The number of halogens is 1. The molecule has 0 aliphatic heterocycles. The van der Waals surface area contributed by atoms with Gasteiger partial charge in [0.25, 0.3) is 0 Å². The molecule has 2 aromatic heterocycles. The Bertz CT molecular complexity index is 1320. The quantitative estimate of drug-likeness (QED) is 0.427. The van der Waals surface area contributed by atoms with E-state index in [-0.39, 0.29) is 17.5 Å². The van der Waals surface area contributed by atoms with Crippen LogP contribution in [0.1, 0.15) is 19.5 Å². The number of carbonyl (C=O) groups excluding carboxylic acids is 1. The number of carbonyl (C=O) groups is 1. The van der Waals surface area contributed by atoms with Gasteiger partial charge in [-0.25, -0.2) is 9.18 Å². The summed E-state index contributed by atoms with van der Waals surface area (Å²) < 4.78 is 31.9. The molecule has 0 saturated carbocycles. The number of pyridine rings is 1. The Balaban J connectivity index is 1.75. The van der Waals surface area contributed by atoms with E-state index in [9.17, 15) is 4.79 Å². The Hall–Kier alpha value is -3.81. The van der Waals surface area contributed by atoms with E-state index in [0.717, 1.165) is 5.69 Å². The Morgan fingerprint density at radius 1 is 1.06 bits per heavy atom. The molecule has 166 valence electrons. The molecule has 0 spiro atoms. The van der Waals surface area contributed by atoms with Gasteiger partial charge in [-0.15, -0.1) is 0 Å². The molecular formula is C24H24FN3O4. The third kappa shape index (κ3) is 3.91. The summed E-state index contributed by atoms with van der Waals surface area (Å²) in [5, 5.41) is 0.999. The highest BCUT2D eigenvalue weighted by Gasteiger charge is 2.19. The zero-order valence-electron chi connectivity index (χ0n) is 18.5. The van der Waals surface area contributed by atoms with Gasteiger partial charge in [0.1, 0.15) is 5.75 Å². The molecule has 7 nitrogen and oxygen atoms in total. The predicted molar refractivity (Wildman–Crippen MR) is 120 cm³/mol. The molecule has 0 fully saturated rings. The van der Waals surface area contributed by atoms with Crippen LogP contribution in [0.15, 0.2) is 42.6 Å². The molecule has 0 unspecified atom stereocenters.